The van der Waals surface area contributed by atoms with Crippen molar-refractivity contribution in [3.63, 3.8) is 0 Å². The lowest BCUT2D eigenvalue weighted by molar-refractivity contribution is -0.116. The number of hydrogen-bond acceptors (Lipinski definition) is 4. The molecule has 2 heterocycles. The van der Waals surface area contributed by atoms with E-state index in [1.165, 1.54) is 27.8 Å². The van der Waals surface area contributed by atoms with Crippen LogP contribution < -0.4 is 10.9 Å². The average Bonchev–Trinajstić information content (AvgIpc) is 3.12. The third-order valence-electron chi connectivity index (χ3n) is 5.36. The number of thiophene rings is 1. The summed E-state index contributed by atoms with van der Waals surface area (Å²) in [6, 6.07) is 15.2. The second-order valence-corrected chi connectivity index (χ2v) is 9.39. The Morgan fingerprint density at radius 1 is 1.12 bits per heavy atom. The van der Waals surface area contributed by atoms with E-state index in [0.29, 0.717) is 20.9 Å². The van der Waals surface area contributed by atoms with Crippen LogP contribution in [0.25, 0.3) is 21.3 Å². The van der Waals surface area contributed by atoms with Gasteiger partial charge in [0.2, 0.25) is 5.91 Å². The summed E-state index contributed by atoms with van der Waals surface area (Å²) in [7, 11) is 0. The van der Waals surface area contributed by atoms with Crippen molar-refractivity contribution in [3.05, 3.63) is 80.7 Å². The first-order valence-electron chi connectivity index (χ1n) is 10.6. The summed E-state index contributed by atoms with van der Waals surface area (Å²) in [5, 5.41) is 4.04. The highest BCUT2D eigenvalue weighted by Crippen LogP contribution is 2.35. The van der Waals surface area contributed by atoms with E-state index in [1.807, 2.05) is 43.3 Å². The highest BCUT2D eigenvalue weighted by molar-refractivity contribution is 7.19. The first-order valence-corrected chi connectivity index (χ1v) is 11.8. The Balaban J connectivity index is 1.57. The van der Waals surface area contributed by atoms with E-state index in [2.05, 4.69) is 17.2 Å². The number of carbonyl (C=O) groups excluding carboxylic acids is 1. The fourth-order valence-electron chi connectivity index (χ4n) is 3.71. The summed E-state index contributed by atoms with van der Waals surface area (Å²) in [5.41, 5.74) is 3.48. The summed E-state index contributed by atoms with van der Waals surface area (Å²) < 4.78 is 1.36. The lowest BCUT2D eigenvalue weighted by Crippen LogP contribution is -2.27. The molecule has 0 aliphatic rings. The predicted molar refractivity (Wildman–Crippen MR) is 133 cm³/mol. The molecule has 2 aromatic heterocycles. The van der Waals surface area contributed by atoms with E-state index < -0.39 is 0 Å². The molecule has 0 unspecified atom stereocenters. The van der Waals surface area contributed by atoms with E-state index in [0.717, 1.165) is 35.3 Å². The molecular weight excluding hydrogens is 442 g/mol. The molecule has 4 rings (SSSR count). The van der Waals surface area contributed by atoms with Gasteiger partial charge in [-0.2, -0.15) is 0 Å². The van der Waals surface area contributed by atoms with Crippen molar-refractivity contribution in [2.24, 2.45) is 0 Å². The molecule has 7 heteroatoms. The summed E-state index contributed by atoms with van der Waals surface area (Å²) in [4.78, 5) is 32.0. The quantitative estimate of drug-likeness (QED) is 0.360. The summed E-state index contributed by atoms with van der Waals surface area (Å²) in [5.74, 6) is -0.269. The van der Waals surface area contributed by atoms with Crippen LogP contribution in [0.1, 0.15) is 30.2 Å². The number of carbonyl (C=O) groups is 1. The Morgan fingerprint density at radius 3 is 2.53 bits per heavy atom. The van der Waals surface area contributed by atoms with E-state index in [1.54, 1.807) is 12.1 Å². The molecule has 4 aromatic rings. The predicted octanol–water partition coefficient (Wildman–Crippen LogP) is 6.07. The number of aryl methyl sites for hydroxylation is 2. The minimum atomic E-state index is -0.269. The van der Waals surface area contributed by atoms with Crippen molar-refractivity contribution in [1.82, 2.24) is 9.55 Å². The highest BCUT2D eigenvalue weighted by Gasteiger charge is 2.18. The SMILES string of the molecule is CCCCc1ccc(NC(=O)Cn2cnc3sc(C)c(-c4ccc(Cl)cc4)c3c2=O)cc1. The van der Waals surface area contributed by atoms with Gasteiger partial charge in [0.05, 0.1) is 11.7 Å². The third-order valence-corrected chi connectivity index (χ3v) is 6.62. The van der Waals surface area contributed by atoms with Crippen LogP contribution >= 0.6 is 22.9 Å². The smallest absolute Gasteiger partial charge is 0.263 e. The number of rotatable bonds is 7. The van der Waals surface area contributed by atoms with Crippen LogP contribution in [0.4, 0.5) is 5.69 Å². The molecule has 164 valence electrons. The molecule has 0 saturated heterocycles. The number of anilines is 1. The van der Waals surface area contributed by atoms with E-state index >= 15 is 0 Å². The molecule has 32 heavy (non-hydrogen) atoms. The largest absolute Gasteiger partial charge is 0.325 e. The molecule has 0 fully saturated rings. The van der Waals surface area contributed by atoms with Crippen molar-refractivity contribution < 1.29 is 4.79 Å². The van der Waals surface area contributed by atoms with Gasteiger partial charge in [-0.1, -0.05) is 49.2 Å². The van der Waals surface area contributed by atoms with Crippen molar-refractivity contribution in [2.75, 3.05) is 5.32 Å². The first kappa shape index (κ1) is 22.2. The Bertz CT molecular complexity index is 1310. The molecule has 0 aliphatic carbocycles. The molecule has 0 spiro atoms. The maximum Gasteiger partial charge on any atom is 0.263 e. The van der Waals surface area contributed by atoms with Crippen LogP contribution in [-0.4, -0.2) is 15.5 Å². The Hall–Kier alpha value is -2.96. The number of amides is 1. The Labute approximate surface area is 195 Å². The topological polar surface area (TPSA) is 64.0 Å². The number of nitrogens with one attached hydrogen (secondary N) is 1. The van der Waals surface area contributed by atoms with Gasteiger partial charge < -0.3 is 5.32 Å². The minimum Gasteiger partial charge on any atom is -0.325 e. The van der Waals surface area contributed by atoms with Gasteiger partial charge in [0.25, 0.3) is 5.56 Å². The van der Waals surface area contributed by atoms with E-state index in [9.17, 15) is 9.59 Å². The maximum atomic E-state index is 13.3. The second kappa shape index (κ2) is 9.67. The molecule has 1 amide bonds. The van der Waals surface area contributed by atoms with Crippen LogP contribution in [0.3, 0.4) is 0 Å². The molecule has 0 saturated carbocycles. The zero-order chi connectivity index (χ0) is 22.7. The molecule has 2 aromatic carbocycles. The molecule has 5 nitrogen and oxygen atoms in total. The number of benzene rings is 2. The van der Waals surface area contributed by atoms with Crippen molar-refractivity contribution in [1.29, 1.82) is 0 Å². The lowest BCUT2D eigenvalue weighted by atomic mass is 10.0. The van der Waals surface area contributed by atoms with Gasteiger partial charge in [0.1, 0.15) is 11.4 Å². The van der Waals surface area contributed by atoms with E-state index in [-0.39, 0.29) is 18.0 Å². The zero-order valence-corrected chi connectivity index (χ0v) is 19.6. The zero-order valence-electron chi connectivity index (χ0n) is 18.0. The maximum absolute atomic E-state index is 13.3. The van der Waals surface area contributed by atoms with Gasteiger partial charge in [0, 0.05) is 21.2 Å². The average molecular weight is 466 g/mol. The van der Waals surface area contributed by atoms with Crippen LogP contribution in [0.5, 0.6) is 0 Å². The second-order valence-electron chi connectivity index (χ2n) is 7.75. The van der Waals surface area contributed by atoms with Crippen LogP contribution in [0, 0.1) is 6.92 Å². The van der Waals surface area contributed by atoms with Crippen LogP contribution in [0.2, 0.25) is 5.02 Å². The van der Waals surface area contributed by atoms with Crippen molar-refractivity contribution in [2.45, 2.75) is 39.7 Å². The third kappa shape index (κ3) is 4.76. The molecule has 0 radical (unpaired) electrons. The number of nitrogens with zero attached hydrogens (tertiary/aromatic N) is 2. The summed E-state index contributed by atoms with van der Waals surface area (Å²) in [6.07, 6.45) is 4.76. The normalized spacial score (nSPS) is 11.1. The molecule has 0 atom stereocenters. The number of aromatic nitrogens is 2. The Morgan fingerprint density at radius 2 is 1.84 bits per heavy atom. The molecule has 0 aliphatic heterocycles. The fraction of sp³-hybridized carbons (Fsp3) is 0.240. The molecular formula is C25H24ClN3O2S. The van der Waals surface area contributed by atoms with Gasteiger partial charge >= 0.3 is 0 Å². The van der Waals surface area contributed by atoms with Crippen molar-refractivity contribution >= 4 is 44.7 Å². The van der Waals surface area contributed by atoms with Crippen LogP contribution in [-0.2, 0) is 17.8 Å². The van der Waals surface area contributed by atoms with Crippen LogP contribution in [0.15, 0.2) is 59.7 Å². The fourth-order valence-corrected chi connectivity index (χ4v) is 4.83. The summed E-state index contributed by atoms with van der Waals surface area (Å²) >= 11 is 7.49. The number of hydrogen-bond donors (Lipinski definition) is 1. The summed E-state index contributed by atoms with van der Waals surface area (Å²) in [6.45, 7) is 4.03. The monoisotopic (exact) mass is 465 g/mol. The van der Waals surface area contributed by atoms with Gasteiger partial charge in [-0.05, 0) is 55.2 Å². The molecule has 0 bridgehead atoms. The van der Waals surface area contributed by atoms with Gasteiger partial charge in [-0.15, -0.1) is 11.3 Å². The number of halogens is 1. The number of fused-ring (bicyclic) bond motifs is 1. The van der Waals surface area contributed by atoms with Gasteiger partial charge in [0.15, 0.2) is 0 Å². The standard InChI is InChI=1S/C25H24ClN3O2S/c1-3-4-5-17-6-12-20(13-7-17)28-21(30)14-29-15-27-24-23(25(29)31)22(16(2)32-24)18-8-10-19(26)11-9-18/h6-13,15H,3-5,14H2,1-2H3,(H,28,30). The number of unbranched alkanes of at least 4 members (excludes halogenated alkanes) is 1. The minimum absolute atomic E-state index is 0.103. The van der Waals surface area contributed by atoms with Gasteiger partial charge in [-0.25, -0.2) is 4.98 Å². The first-order chi connectivity index (χ1) is 15.5. The van der Waals surface area contributed by atoms with E-state index in [4.69, 9.17) is 11.6 Å². The Kier molecular flexibility index (Phi) is 6.72. The highest BCUT2D eigenvalue weighted by atomic mass is 35.5. The lowest BCUT2D eigenvalue weighted by Gasteiger charge is -2.09. The molecule has 1 N–H and O–H groups in total. The van der Waals surface area contributed by atoms with Gasteiger partial charge in [-0.3, -0.25) is 14.2 Å². The van der Waals surface area contributed by atoms with Crippen molar-refractivity contribution in [3.8, 4) is 11.1 Å².